The SMILES string of the molecule is C[N+]1(O)CCCCC1.[O-][Cl+3]([O-])([O-])[O-]. The van der Waals surface area contributed by atoms with Gasteiger partial charge < -0.3 is 0 Å². The quantitative estimate of drug-likeness (QED) is 0.417. The zero-order chi connectivity index (χ0) is 10.5. The van der Waals surface area contributed by atoms with Gasteiger partial charge in [-0.2, -0.15) is 4.65 Å². The van der Waals surface area contributed by atoms with Gasteiger partial charge in [0.05, 0.1) is 7.05 Å². The molecule has 0 radical (unpaired) electrons. The largest absolute Gasteiger partial charge is 0.222 e. The average molecular weight is 216 g/mol. The van der Waals surface area contributed by atoms with Crippen molar-refractivity contribution >= 4 is 0 Å². The van der Waals surface area contributed by atoms with Gasteiger partial charge in [-0.05, 0) is 19.3 Å². The molecule has 6 nitrogen and oxygen atoms in total. The Morgan fingerprint density at radius 3 is 1.46 bits per heavy atom. The third-order valence-electron chi connectivity index (χ3n) is 1.78. The van der Waals surface area contributed by atoms with Crippen molar-refractivity contribution in [2.45, 2.75) is 19.3 Å². The lowest BCUT2D eigenvalue weighted by molar-refractivity contribution is -2.00. The minimum absolute atomic E-state index is 0.250. The molecule has 1 fully saturated rings. The molecule has 1 saturated heterocycles. The van der Waals surface area contributed by atoms with Gasteiger partial charge in [-0.1, -0.05) is 0 Å². The molecule has 0 spiro atoms. The van der Waals surface area contributed by atoms with E-state index in [0.29, 0.717) is 0 Å². The molecular formula is C6H14ClNO5. The number of halogens is 1. The van der Waals surface area contributed by atoms with E-state index in [1.165, 1.54) is 19.3 Å². The van der Waals surface area contributed by atoms with Crippen LogP contribution >= 0.6 is 0 Å². The Hall–Kier alpha value is 0.0500. The second kappa shape index (κ2) is 5.06. The first kappa shape index (κ1) is 13.1. The molecule has 0 aromatic carbocycles. The summed E-state index contributed by atoms with van der Waals surface area (Å²) in [4.78, 5) is 0. The number of hydrogen-bond acceptors (Lipinski definition) is 5. The molecule has 13 heavy (non-hydrogen) atoms. The summed E-state index contributed by atoms with van der Waals surface area (Å²) in [5, 5.41) is 9.31. The Morgan fingerprint density at radius 1 is 1.00 bits per heavy atom. The maximum absolute atomic E-state index is 9.31. The van der Waals surface area contributed by atoms with E-state index < -0.39 is 10.2 Å². The molecule has 0 amide bonds. The fourth-order valence-corrected chi connectivity index (χ4v) is 1.19. The Labute approximate surface area is 78.9 Å². The molecule has 1 aliphatic heterocycles. The maximum atomic E-state index is 9.31. The maximum Gasteiger partial charge on any atom is 0.108 e. The molecule has 1 heterocycles. The van der Waals surface area contributed by atoms with Gasteiger partial charge in [-0.25, -0.2) is 23.8 Å². The van der Waals surface area contributed by atoms with Crippen LogP contribution in [0.3, 0.4) is 0 Å². The van der Waals surface area contributed by atoms with E-state index >= 15 is 0 Å². The summed E-state index contributed by atoms with van der Waals surface area (Å²) in [7, 11) is -3.07. The molecule has 0 bridgehead atoms. The van der Waals surface area contributed by atoms with Crippen molar-refractivity contribution in [3.05, 3.63) is 0 Å². The summed E-state index contributed by atoms with van der Waals surface area (Å²) < 4.78 is 34.2. The Morgan fingerprint density at radius 2 is 1.31 bits per heavy atom. The summed E-state index contributed by atoms with van der Waals surface area (Å²) >= 11 is 0. The van der Waals surface area contributed by atoms with Gasteiger partial charge >= 0.3 is 0 Å². The van der Waals surface area contributed by atoms with Crippen molar-refractivity contribution in [1.82, 2.24) is 0 Å². The fraction of sp³-hybridized carbons (Fsp3) is 1.00. The Kier molecular flexibility index (Phi) is 5.08. The van der Waals surface area contributed by atoms with E-state index in [1.807, 2.05) is 7.05 Å². The van der Waals surface area contributed by atoms with Crippen LogP contribution in [-0.4, -0.2) is 30.0 Å². The molecule has 1 rings (SSSR count). The third-order valence-corrected chi connectivity index (χ3v) is 1.78. The number of hydroxylamine groups is 3. The topological polar surface area (TPSA) is 112 Å². The normalized spacial score (nSPS) is 21.7. The van der Waals surface area contributed by atoms with Crippen LogP contribution in [0, 0.1) is 10.2 Å². The molecule has 1 N–H and O–H groups in total. The number of quaternary nitrogens is 1. The summed E-state index contributed by atoms with van der Waals surface area (Å²) in [5.74, 6) is 0. The lowest BCUT2D eigenvalue weighted by Gasteiger charge is -2.28. The highest BCUT2D eigenvalue weighted by Crippen LogP contribution is 2.11. The van der Waals surface area contributed by atoms with Gasteiger partial charge in [0.2, 0.25) is 0 Å². The molecular weight excluding hydrogens is 202 g/mol. The molecule has 0 aromatic heterocycles. The van der Waals surface area contributed by atoms with Crippen LogP contribution in [0.2, 0.25) is 0 Å². The van der Waals surface area contributed by atoms with Crippen molar-refractivity contribution in [2.24, 2.45) is 0 Å². The van der Waals surface area contributed by atoms with Gasteiger partial charge in [-0.3, -0.25) is 0 Å². The predicted octanol–water partition coefficient (Wildman–Crippen LogP) is -3.75. The first-order chi connectivity index (χ1) is 5.71. The van der Waals surface area contributed by atoms with Crippen LogP contribution < -0.4 is 18.6 Å². The summed E-state index contributed by atoms with van der Waals surface area (Å²) in [6.07, 6.45) is 3.68. The predicted molar refractivity (Wildman–Crippen MR) is 31.6 cm³/mol. The van der Waals surface area contributed by atoms with Crippen LogP contribution in [0.15, 0.2) is 0 Å². The number of piperidine rings is 1. The smallest absolute Gasteiger partial charge is 0.108 e. The van der Waals surface area contributed by atoms with E-state index in [-0.39, 0.29) is 4.65 Å². The van der Waals surface area contributed by atoms with E-state index in [0.717, 1.165) is 13.1 Å². The van der Waals surface area contributed by atoms with Gasteiger partial charge in [-0.15, -0.1) is 10.2 Å². The van der Waals surface area contributed by atoms with Crippen molar-refractivity contribution in [3.8, 4) is 0 Å². The monoisotopic (exact) mass is 215 g/mol. The zero-order valence-corrected chi connectivity index (χ0v) is 8.20. The molecule has 80 valence electrons. The van der Waals surface area contributed by atoms with Gasteiger partial charge in [0.15, 0.2) is 0 Å². The highest BCUT2D eigenvalue weighted by atomic mass is 35.7. The molecule has 0 saturated carbocycles. The van der Waals surface area contributed by atoms with Crippen LogP contribution in [0.4, 0.5) is 0 Å². The number of hydrogen-bond donors (Lipinski definition) is 1. The molecule has 1 aliphatic rings. The lowest BCUT2D eigenvalue weighted by Crippen LogP contribution is -2.68. The van der Waals surface area contributed by atoms with Crippen molar-refractivity contribution in [1.29, 1.82) is 0 Å². The van der Waals surface area contributed by atoms with Gasteiger partial charge in [0.1, 0.15) is 13.1 Å². The zero-order valence-electron chi connectivity index (χ0n) is 7.44. The van der Waals surface area contributed by atoms with Crippen molar-refractivity contribution < 1.29 is 38.7 Å². The molecule has 7 heteroatoms. The Bertz CT molecular complexity index is 132. The summed E-state index contributed by atoms with van der Waals surface area (Å²) in [5.41, 5.74) is 0. The average Bonchev–Trinajstić information content (AvgIpc) is 1.82. The number of rotatable bonds is 0. The summed E-state index contributed by atoms with van der Waals surface area (Å²) in [6, 6.07) is 0. The highest BCUT2D eigenvalue weighted by Gasteiger charge is 2.21. The number of nitrogens with zero attached hydrogens (tertiary/aromatic N) is 1. The second-order valence-corrected chi connectivity index (χ2v) is 3.98. The summed E-state index contributed by atoms with van der Waals surface area (Å²) in [6.45, 7) is 1.89. The molecule has 0 aliphatic carbocycles. The minimum Gasteiger partial charge on any atom is -0.222 e. The van der Waals surface area contributed by atoms with Gasteiger partial charge in [0, 0.05) is 0 Å². The Balaban J connectivity index is 0.000000252. The van der Waals surface area contributed by atoms with Crippen molar-refractivity contribution in [3.63, 3.8) is 0 Å². The first-order valence-electron chi connectivity index (χ1n) is 3.90. The van der Waals surface area contributed by atoms with Crippen LogP contribution in [0.5, 0.6) is 0 Å². The lowest BCUT2D eigenvalue weighted by atomic mass is 10.1. The first-order valence-corrected chi connectivity index (χ1v) is 5.13. The van der Waals surface area contributed by atoms with Crippen LogP contribution in [0.1, 0.15) is 19.3 Å². The third kappa shape index (κ3) is 12.1. The van der Waals surface area contributed by atoms with Crippen molar-refractivity contribution in [2.75, 3.05) is 20.1 Å². The number of likely N-dealkylation sites (tertiary alicyclic amines) is 1. The highest BCUT2D eigenvalue weighted by molar-refractivity contribution is 4.45. The van der Waals surface area contributed by atoms with E-state index in [9.17, 15) is 5.21 Å². The standard InChI is InChI=1S/C6H14NO.ClHO4/c1-7(8)5-3-2-4-6-7;2-1(3,4)5/h8H,2-6H2,1H3;(H,2,3,4,5)/q+1;/p-1. The van der Waals surface area contributed by atoms with Gasteiger partial charge in [0.25, 0.3) is 0 Å². The van der Waals surface area contributed by atoms with E-state index in [2.05, 4.69) is 0 Å². The second-order valence-electron chi connectivity index (χ2n) is 3.22. The molecule has 0 atom stereocenters. The van der Waals surface area contributed by atoms with Crippen LogP contribution in [-0.2, 0) is 0 Å². The minimum atomic E-state index is -4.94. The van der Waals surface area contributed by atoms with Crippen LogP contribution in [0.25, 0.3) is 0 Å². The fourth-order valence-electron chi connectivity index (χ4n) is 1.19. The molecule has 0 aromatic rings. The molecule has 0 unspecified atom stereocenters. The van der Waals surface area contributed by atoms with E-state index in [4.69, 9.17) is 18.6 Å². The van der Waals surface area contributed by atoms with E-state index in [1.54, 1.807) is 0 Å².